The third-order valence-corrected chi connectivity index (χ3v) is 5.01. The molecule has 146 valence electrons. The van der Waals surface area contributed by atoms with Gasteiger partial charge in [0.25, 0.3) is 0 Å². The van der Waals surface area contributed by atoms with Crippen LogP contribution < -0.4 is 5.32 Å². The zero-order valence-corrected chi connectivity index (χ0v) is 16.8. The van der Waals surface area contributed by atoms with Crippen LogP contribution in [0.25, 0.3) is 0 Å². The second-order valence-electron chi connectivity index (χ2n) is 7.14. The van der Waals surface area contributed by atoms with E-state index in [1.807, 2.05) is 7.05 Å². The molecule has 1 aromatic rings. The molecule has 1 heterocycles. The molecule has 1 aliphatic heterocycles. The molecular weight excluding hydrogens is 326 g/mol. The summed E-state index contributed by atoms with van der Waals surface area (Å²) in [7, 11) is 3.60. The highest BCUT2D eigenvalue weighted by molar-refractivity contribution is 5.80. The minimum atomic E-state index is 0.368. The van der Waals surface area contributed by atoms with E-state index in [9.17, 15) is 0 Å². The third kappa shape index (κ3) is 6.61. The molecule has 0 amide bonds. The lowest BCUT2D eigenvalue weighted by atomic mass is 10.00. The predicted octanol–water partition coefficient (Wildman–Crippen LogP) is 3.19. The smallest absolute Gasteiger partial charge is 0.193 e. The Kier molecular flexibility index (Phi) is 8.92. The van der Waals surface area contributed by atoms with Gasteiger partial charge in [0.05, 0.1) is 6.10 Å². The molecule has 1 N–H and O–H groups in total. The van der Waals surface area contributed by atoms with Gasteiger partial charge in [-0.15, -0.1) is 0 Å². The summed E-state index contributed by atoms with van der Waals surface area (Å²) in [6, 6.07) is 8.80. The lowest BCUT2D eigenvalue weighted by molar-refractivity contribution is 0.00990. The molecule has 0 aliphatic carbocycles. The van der Waals surface area contributed by atoms with Crippen LogP contribution in [-0.4, -0.2) is 64.0 Å². The number of rotatable bonds is 8. The van der Waals surface area contributed by atoms with Gasteiger partial charge in [0.2, 0.25) is 0 Å². The van der Waals surface area contributed by atoms with Crippen LogP contribution in [0.1, 0.15) is 43.2 Å². The van der Waals surface area contributed by atoms with Gasteiger partial charge in [-0.3, -0.25) is 4.99 Å². The summed E-state index contributed by atoms with van der Waals surface area (Å²) < 4.78 is 11.0. The van der Waals surface area contributed by atoms with E-state index in [1.54, 1.807) is 7.11 Å². The van der Waals surface area contributed by atoms with Crippen LogP contribution in [-0.2, 0) is 9.47 Å². The minimum absolute atomic E-state index is 0.368. The Morgan fingerprint density at radius 3 is 2.54 bits per heavy atom. The Balaban J connectivity index is 1.73. The summed E-state index contributed by atoms with van der Waals surface area (Å²) in [6.45, 7) is 8.82. The van der Waals surface area contributed by atoms with Gasteiger partial charge in [-0.25, -0.2) is 0 Å². The summed E-state index contributed by atoms with van der Waals surface area (Å²) >= 11 is 0. The van der Waals surface area contributed by atoms with Crippen molar-refractivity contribution in [1.29, 1.82) is 0 Å². The Morgan fingerprint density at radius 1 is 1.23 bits per heavy atom. The zero-order valence-electron chi connectivity index (χ0n) is 16.8. The molecule has 1 atom stereocenters. The zero-order chi connectivity index (χ0) is 18.8. The van der Waals surface area contributed by atoms with Gasteiger partial charge in [0.15, 0.2) is 5.96 Å². The SMILES string of the molecule is CN=C(NCC(C)c1ccc(C)cc1)N1CCC(OCCCOC)CC1. The summed E-state index contributed by atoms with van der Waals surface area (Å²) in [6.07, 6.45) is 3.45. The van der Waals surface area contributed by atoms with Crippen LogP contribution in [0.15, 0.2) is 29.3 Å². The standard InChI is InChI=1S/C21H35N3O2/c1-17-6-8-19(9-7-17)18(2)16-23-21(22-3)24-12-10-20(11-13-24)26-15-5-14-25-4/h6-9,18,20H,5,10-16H2,1-4H3,(H,22,23). The fourth-order valence-electron chi connectivity index (χ4n) is 3.28. The monoisotopic (exact) mass is 361 g/mol. The second-order valence-corrected chi connectivity index (χ2v) is 7.14. The molecule has 26 heavy (non-hydrogen) atoms. The molecule has 0 bridgehead atoms. The number of guanidine groups is 1. The number of aryl methyl sites for hydroxylation is 1. The van der Waals surface area contributed by atoms with E-state index >= 15 is 0 Å². The van der Waals surface area contributed by atoms with Gasteiger partial charge in [-0.1, -0.05) is 36.8 Å². The average Bonchev–Trinajstić information content (AvgIpc) is 2.67. The van der Waals surface area contributed by atoms with Crippen LogP contribution >= 0.6 is 0 Å². The number of nitrogens with one attached hydrogen (secondary N) is 1. The molecule has 5 nitrogen and oxygen atoms in total. The maximum Gasteiger partial charge on any atom is 0.193 e. The second kappa shape index (κ2) is 11.2. The number of benzene rings is 1. The van der Waals surface area contributed by atoms with Crippen molar-refractivity contribution < 1.29 is 9.47 Å². The number of hydrogen-bond donors (Lipinski definition) is 1. The highest BCUT2D eigenvalue weighted by Gasteiger charge is 2.22. The van der Waals surface area contributed by atoms with E-state index in [4.69, 9.17) is 9.47 Å². The number of ether oxygens (including phenoxy) is 2. The Bertz CT molecular complexity index is 537. The van der Waals surface area contributed by atoms with E-state index in [0.29, 0.717) is 12.0 Å². The van der Waals surface area contributed by atoms with Crippen molar-refractivity contribution in [2.24, 2.45) is 4.99 Å². The summed E-state index contributed by atoms with van der Waals surface area (Å²) in [5.74, 6) is 1.45. The number of nitrogens with zero attached hydrogens (tertiary/aromatic N) is 2. The van der Waals surface area contributed by atoms with Gasteiger partial charge in [-0.05, 0) is 37.7 Å². The van der Waals surface area contributed by atoms with E-state index in [1.165, 1.54) is 11.1 Å². The quantitative estimate of drug-likeness (QED) is 0.439. The molecule has 0 saturated carbocycles. The largest absolute Gasteiger partial charge is 0.385 e. The van der Waals surface area contributed by atoms with Crippen molar-refractivity contribution in [3.05, 3.63) is 35.4 Å². The van der Waals surface area contributed by atoms with E-state index in [2.05, 4.69) is 53.3 Å². The number of hydrogen-bond acceptors (Lipinski definition) is 3. The first-order chi connectivity index (χ1) is 12.6. The minimum Gasteiger partial charge on any atom is -0.385 e. The number of methoxy groups -OCH3 is 1. The summed E-state index contributed by atoms with van der Waals surface area (Å²) in [4.78, 5) is 6.82. The maximum absolute atomic E-state index is 5.95. The first-order valence-corrected chi connectivity index (χ1v) is 9.76. The Morgan fingerprint density at radius 2 is 1.92 bits per heavy atom. The average molecular weight is 362 g/mol. The third-order valence-electron chi connectivity index (χ3n) is 5.01. The van der Waals surface area contributed by atoms with Crippen molar-refractivity contribution in [1.82, 2.24) is 10.2 Å². The fraction of sp³-hybridized carbons (Fsp3) is 0.667. The molecule has 2 rings (SSSR count). The van der Waals surface area contributed by atoms with E-state index in [0.717, 1.165) is 58.1 Å². The Hall–Kier alpha value is -1.59. The van der Waals surface area contributed by atoms with Gasteiger partial charge in [0.1, 0.15) is 0 Å². The molecule has 1 saturated heterocycles. The van der Waals surface area contributed by atoms with Gasteiger partial charge >= 0.3 is 0 Å². The van der Waals surface area contributed by atoms with Crippen LogP contribution in [0.4, 0.5) is 0 Å². The Labute approximate surface area is 158 Å². The van der Waals surface area contributed by atoms with Crippen molar-refractivity contribution in [3.63, 3.8) is 0 Å². The molecule has 1 fully saturated rings. The van der Waals surface area contributed by atoms with Crippen LogP contribution in [0.5, 0.6) is 0 Å². The van der Waals surface area contributed by atoms with Crippen LogP contribution in [0.2, 0.25) is 0 Å². The van der Waals surface area contributed by atoms with Gasteiger partial charge in [-0.2, -0.15) is 0 Å². The lowest BCUT2D eigenvalue weighted by Gasteiger charge is -2.34. The predicted molar refractivity (Wildman–Crippen MR) is 108 cm³/mol. The molecule has 1 aromatic carbocycles. The summed E-state index contributed by atoms with van der Waals surface area (Å²) in [5, 5.41) is 3.55. The van der Waals surface area contributed by atoms with Crippen molar-refractivity contribution in [2.45, 2.75) is 45.1 Å². The van der Waals surface area contributed by atoms with E-state index < -0.39 is 0 Å². The number of likely N-dealkylation sites (tertiary alicyclic amines) is 1. The first-order valence-electron chi connectivity index (χ1n) is 9.76. The first kappa shape index (κ1) is 20.7. The topological polar surface area (TPSA) is 46.1 Å². The summed E-state index contributed by atoms with van der Waals surface area (Å²) in [5.41, 5.74) is 2.67. The fourth-order valence-corrected chi connectivity index (χ4v) is 3.28. The van der Waals surface area contributed by atoms with Crippen LogP contribution in [0.3, 0.4) is 0 Å². The van der Waals surface area contributed by atoms with Crippen molar-refractivity contribution >= 4 is 5.96 Å². The van der Waals surface area contributed by atoms with Crippen molar-refractivity contribution in [2.75, 3.05) is 47.0 Å². The molecule has 0 spiro atoms. The number of aliphatic imine (C=N–C) groups is 1. The van der Waals surface area contributed by atoms with E-state index in [-0.39, 0.29) is 0 Å². The number of piperidine rings is 1. The van der Waals surface area contributed by atoms with Crippen molar-refractivity contribution in [3.8, 4) is 0 Å². The molecule has 5 heteroatoms. The van der Waals surface area contributed by atoms with Gasteiger partial charge in [0, 0.05) is 47.0 Å². The molecule has 1 aliphatic rings. The highest BCUT2D eigenvalue weighted by Crippen LogP contribution is 2.16. The van der Waals surface area contributed by atoms with Gasteiger partial charge < -0.3 is 19.7 Å². The normalized spacial score (nSPS) is 17.4. The molecule has 0 radical (unpaired) electrons. The molecular formula is C21H35N3O2. The highest BCUT2D eigenvalue weighted by atomic mass is 16.5. The molecule has 1 unspecified atom stereocenters. The van der Waals surface area contributed by atoms with Crippen LogP contribution in [0, 0.1) is 6.92 Å². The lowest BCUT2D eigenvalue weighted by Crippen LogP contribution is -2.47. The maximum atomic E-state index is 5.95. The molecule has 0 aromatic heterocycles.